The van der Waals surface area contributed by atoms with Crippen LogP contribution >= 0.6 is 11.6 Å². The van der Waals surface area contributed by atoms with Gasteiger partial charge in [0.15, 0.2) is 6.61 Å². The van der Waals surface area contributed by atoms with Gasteiger partial charge in [-0.05, 0) is 36.4 Å². The van der Waals surface area contributed by atoms with Crippen LogP contribution in [0.2, 0.25) is 5.02 Å². The van der Waals surface area contributed by atoms with E-state index < -0.39 is 0 Å². The van der Waals surface area contributed by atoms with Gasteiger partial charge in [-0.1, -0.05) is 59.2 Å². The van der Waals surface area contributed by atoms with Gasteiger partial charge in [-0.2, -0.15) is 4.98 Å². The molecule has 0 aliphatic heterocycles. The average Bonchev–Trinajstić information content (AvgIpc) is 3.23. The van der Waals surface area contributed by atoms with Crippen molar-refractivity contribution in [2.24, 2.45) is 0 Å². The Kier molecular flexibility index (Phi) is 5.54. The summed E-state index contributed by atoms with van der Waals surface area (Å²) in [5, 5.41) is 7.36. The van der Waals surface area contributed by atoms with E-state index in [1.165, 1.54) is 0 Å². The first-order valence-electron chi connectivity index (χ1n) is 8.86. The molecule has 0 saturated carbocycles. The molecule has 0 unspecified atom stereocenters. The summed E-state index contributed by atoms with van der Waals surface area (Å²) in [5.74, 6) is 0.975. The Hall–Kier alpha value is -3.64. The highest BCUT2D eigenvalue weighted by atomic mass is 35.5. The van der Waals surface area contributed by atoms with Crippen molar-refractivity contribution in [3.8, 4) is 28.6 Å². The summed E-state index contributed by atoms with van der Waals surface area (Å²) < 4.78 is 10.9. The van der Waals surface area contributed by atoms with Gasteiger partial charge in [-0.3, -0.25) is 4.79 Å². The lowest BCUT2D eigenvalue weighted by Gasteiger charge is -2.09. The predicted molar refractivity (Wildman–Crippen MR) is 111 cm³/mol. The fourth-order valence-electron chi connectivity index (χ4n) is 2.72. The van der Waals surface area contributed by atoms with Gasteiger partial charge >= 0.3 is 0 Å². The van der Waals surface area contributed by atoms with E-state index in [1.54, 1.807) is 30.3 Å². The highest BCUT2D eigenvalue weighted by Crippen LogP contribution is 2.30. The number of benzene rings is 3. The Bertz CT molecular complexity index is 1130. The first-order valence-corrected chi connectivity index (χ1v) is 9.24. The second-order valence-electron chi connectivity index (χ2n) is 6.10. The summed E-state index contributed by atoms with van der Waals surface area (Å²) in [5.41, 5.74) is 1.82. The van der Waals surface area contributed by atoms with Crippen molar-refractivity contribution in [2.75, 3.05) is 11.9 Å². The maximum atomic E-state index is 12.3. The van der Waals surface area contributed by atoms with Crippen LogP contribution in [0.1, 0.15) is 0 Å². The molecule has 144 valence electrons. The Balaban J connectivity index is 1.52. The largest absolute Gasteiger partial charge is 0.484 e. The molecule has 0 aliphatic rings. The number of para-hydroxylation sites is 2. The van der Waals surface area contributed by atoms with Gasteiger partial charge in [0.05, 0.1) is 16.3 Å². The summed E-state index contributed by atoms with van der Waals surface area (Å²) in [6.07, 6.45) is 0. The zero-order valence-electron chi connectivity index (χ0n) is 15.2. The van der Waals surface area contributed by atoms with Gasteiger partial charge in [0, 0.05) is 5.56 Å². The Morgan fingerprint density at radius 2 is 1.62 bits per heavy atom. The van der Waals surface area contributed by atoms with Gasteiger partial charge in [-0.25, -0.2) is 0 Å². The average molecular weight is 406 g/mol. The number of carbonyl (C=O) groups excluding carboxylic acids is 1. The summed E-state index contributed by atoms with van der Waals surface area (Å²) >= 11 is 6.21. The molecule has 1 amide bonds. The molecule has 0 bridgehead atoms. The molecule has 1 N–H and O–H groups in total. The molecule has 0 saturated heterocycles. The molecule has 29 heavy (non-hydrogen) atoms. The summed E-state index contributed by atoms with van der Waals surface area (Å²) in [7, 11) is 0. The minimum atomic E-state index is -0.299. The number of rotatable bonds is 6. The number of ether oxygens (including phenoxy) is 1. The van der Waals surface area contributed by atoms with E-state index in [9.17, 15) is 4.79 Å². The summed E-state index contributed by atoms with van der Waals surface area (Å²) in [4.78, 5) is 16.7. The molecule has 3 aromatic carbocycles. The monoisotopic (exact) mass is 405 g/mol. The molecule has 6 nitrogen and oxygen atoms in total. The molecular weight excluding hydrogens is 390 g/mol. The quantitative estimate of drug-likeness (QED) is 0.484. The Labute approximate surface area is 172 Å². The zero-order chi connectivity index (χ0) is 20.1. The lowest BCUT2D eigenvalue weighted by atomic mass is 10.1. The third-order valence-electron chi connectivity index (χ3n) is 4.09. The second kappa shape index (κ2) is 8.58. The fraction of sp³-hybridized carbons (Fsp3) is 0.0455. The molecule has 0 atom stereocenters. The van der Waals surface area contributed by atoms with E-state index in [-0.39, 0.29) is 18.4 Å². The first-order chi connectivity index (χ1) is 14.2. The second-order valence-corrected chi connectivity index (χ2v) is 6.51. The van der Waals surface area contributed by atoms with Crippen molar-refractivity contribution < 1.29 is 14.1 Å². The molecule has 0 radical (unpaired) electrons. The Morgan fingerprint density at radius 3 is 2.41 bits per heavy atom. The minimum Gasteiger partial charge on any atom is -0.484 e. The standard InChI is InChI=1S/C22H16ClN3O3/c23-18-12-6-4-10-16(18)21-25-22(29-26-21)17-11-5-7-13-19(17)24-20(27)14-28-15-8-2-1-3-9-15/h1-13H,14H2,(H,24,27). The molecular formula is C22H16ClN3O3. The number of nitrogens with one attached hydrogen (secondary N) is 1. The van der Waals surface area contributed by atoms with Gasteiger partial charge in [0.25, 0.3) is 11.8 Å². The van der Waals surface area contributed by atoms with Crippen LogP contribution < -0.4 is 10.1 Å². The molecule has 7 heteroatoms. The maximum absolute atomic E-state index is 12.3. The number of amides is 1. The van der Waals surface area contributed by atoms with E-state index in [2.05, 4.69) is 15.5 Å². The predicted octanol–water partition coefficient (Wildman–Crippen LogP) is 5.07. The van der Waals surface area contributed by atoms with Crippen molar-refractivity contribution >= 4 is 23.2 Å². The van der Waals surface area contributed by atoms with E-state index in [0.29, 0.717) is 33.4 Å². The number of anilines is 1. The van der Waals surface area contributed by atoms with Crippen molar-refractivity contribution in [1.82, 2.24) is 10.1 Å². The smallest absolute Gasteiger partial charge is 0.262 e. The van der Waals surface area contributed by atoms with Crippen LogP contribution in [0.4, 0.5) is 5.69 Å². The van der Waals surface area contributed by atoms with E-state index in [0.717, 1.165) is 0 Å². The molecule has 0 fully saturated rings. The van der Waals surface area contributed by atoms with E-state index in [1.807, 2.05) is 48.5 Å². The number of hydrogen-bond acceptors (Lipinski definition) is 5. The van der Waals surface area contributed by atoms with Crippen molar-refractivity contribution in [1.29, 1.82) is 0 Å². The summed E-state index contributed by atoms with van der Waals surface area (Å²) in [6.45, 7) is -0.118. The molecule has 4 rings (SSSR count). The molecule has 0 spiro atoms. The topological polar surface area (TPSA) is 77.2 Å². The van der Waals surface area contributed by atoms with E-state index in [4.69, 9.17) is 20.9 Å². The highest BCUT2D eigenvalue weighted by Gasteiger charge is 2.16. The zero-order valence-corrected chi connectivity index (χ0v) is 16.0. The number of halogens is 1. The molecule has 0 aliphatic carbocycles. The van der Waals surface area contributed by atoms with E-state index >= 15 is 0 Å². The van der Waals surface area contributed by atoms with Crippen LogP contribution in [0, 0.1) is 0 Å². The molecule has 1 heterocycles. The van der Waals surface area contributed by atoms with Crippen LogP contribution in [0.25, 0.3) is 22.8 Å². The fourth-order valence-corrected chi connectivity index (χ4v) is 2.94. The van der Waals surface area contributed by atoms with Crippen LogP contribution in [0.5, 0.6) is 5.75 Å². The van der Waals surface area contributed by atoms with Crippen LogP contribution in [0.15, 0.2) is 83.4 Å². The number of hydrogen-bond donors (Lipinski definition) is 1. The molecule has 4 aromatic rings. The first kappa shape index (κ1) is 18.7. The lowest BCUT2D eigenvalue weighted by molar-refractivity contribution is -0.118. The van der Waals surface area contributed by atoms with Gasteiger partial charge in [0.1, 0.15) is 5.75 Å². The Morgan fingerprint density at radius 1 is 0.931 bits per heavy atom. The van der Waals surface area contributed by atoms with Gasteiger partial charge in [-0.15, -0.1) is 0 Å². The summed E-state index contributed by atoms with van der Waals surface area (Å²) in [6, 6.07) is 23.6. The van der Waals surface area contributed by atoms with Crippen LogP contribution in [0.3, 0.4) is 0 Å². The third-order valence-corrected chi connectivity index (χ3v) is 4.42. The van der Waals surface area contributed by atoms with Crippen molar-refractivity contribution in [2.45, 2.75) is 0 Å². The molecule has 1 aromatic heterocycles. The van der Waals surface area contributed by atoms with Crippen molar-refractivity contribution in [3.63, 3.8) is 0 Å². The lowest BCUT2D eigenvalue weighted by Crippen LogP contribution is -2.20. The van der Waals surface area contributed by atoms with Crippen molar-refractivity contribution in [3.05, 3.63) is 83.9 Å². The highest BCUT2D eigenvalue weighted by molar-refractivity contribution is 6.33. The number of carbonyl (C=O) groups is 1. The van der Waals surface area contributed by atoms with Crippen LogP contribution in [-0.4, -0.2) is 22.7 Å². The number of nitrogens with zero attached hydrogens (tertiary/aromatic N) is 2. The minimum absolute atomic E-state index is 0.118. The van der Waals surface area contributed by atoms with Crippen LogP contribution in [-0.2, 0) is 4.79 Å². The van der Waals surface area contributed by atoms with Gasteiger partial charge < -0.3 is 14.6 Å². The maximum Gasteiger partial charge on any atom is 0.262 e. The normalized spacial score (nSPS) is 10.5. The van der Waals surface area contributed by atoms with Gasteiger partial charge in [0.2, 0.25) is 5.82 Å². The third kappa shape index (κ3) is 4.44. The SMILES string of the molecule is O=C(COc1ccccc1)Nc1ccccc1-c1nc(-c2ccccc2Cl)no1. The number of aromatic nitrogens is 2.